The number of carbonyl (C=O) groups is 1. The van der Waals surface area contributed by atoms with Gasteiger partial charge in [-0.3, -0.25) is 4.79 Å². The lowest BCUT2D eigenvalue weighted by Gasteiger charge is -2.06. The molecule has 1 aromatic carbocycles. The summed E-state index contributed by atoms with van der Waals surface area (Å²) in [6.07, 6.45) is 0. The molecular weight excluding hydrogens is 173 g/mol. The van der Waals surface area contributed by atoms with Crippen LogP contribution in [0.3, 0.4) is 0 Å². The first-order valence-corrected chi connectivity index (χ1v) is 4.69. The number of nitrogens with two attached hydrogens (primary N) is 1. The van der Waals surface area contributed by atoms with E-state index in [1.54, 1.807) is 12.1 Å². The summed E-state index contributed by atoms with van der Waals surface area (Å²) in [6, 6.07) is 3.49. The molecule has 14 heavy (non-hydrogen) atoms. The third-order valence-corrected chi connectivity index (χ3v) is 1.80. The van der Waals surface area contributed by atoms with E-state index in [2.05, 4.69) is 0 Å². The Morgan fingerprint density at radius 2 is 1.57 bits per heavy atom. The molecular formula is C11H16BNO. The molecule has 0 saturated carbocycles. The standard InChI is InChI=1S/C9H10BNO.C2H6/c1-5-3-7(10)4-6(2)8(5)9(11)12;1-2/h3-4H,1-2H3,(H2,11,12);1-2H3. The summed E-state index contributed by atoms with van der Waals surface area (Å²) in [6.45, 7) is 7.65. The van der Waals surface area contributed by atoms with Gasteiger partial charge in [0.1, 0.15) is 7.85 Å². The van der Waals surface area contributed by atoms with Crippen LogP contribution >= 0.6 is 0 Å². The fourth-order valence-electron chi connectivity index (χ4n) is 1.39. The molecule has 0 spiro atoms. The first-order chi connectivity index (χ1) is 6.52. The minimum atomic E-state index is -0.398. The molecule has 1 amide bonds. The van der Waals surface area contributed by atoms with Gasteiger partial charge in [0.05, 0.1) is 0 Å². The normalized spacial score (nSPS) is 8.86. The third-order valence-electron chi connectivity index (χ3n) is 1.80. The molecule has 74 valence electrons. The SMILES string of the molecule is CC.[B]c1cc(C)c(C(N)=O)c(C)c1. The number of hydrogen-bond donors (Lipinski definition) is 1. The highest BCUT2D eigenvalue weighted by molar-refractivity contribution is 6.32. The van der Waals surface area contributed by atoms with Gasteiger partial charge < -0.3 is 5.73 Å². The molecule has 1 aromatic rings. The van der Waals surface area contributed by atoms with Crippen LogP contribution in [0.4, 0.5) is 0 Å². The zero-order chi connectivity index (χ0) is 11.3. The number of carbonyl (C=O) groups excluding carboxylic acids is 1. The highest BCUT2D eigenvalue weighted by Gasteiger charge is 2.07. The van der Waals surface area contributed by atoms with Crippen molar-refractivity contribution in [2.45, 2.75) is 27.7 Å². The van der Waals surface area contributed by atoms with Crippen molar-refractivity contribution >= 4 is 19.2 Å². The van der Waals surface area contributed by atoms with Gasteiger partial charge in [0.2, 0.25) is 5.91 Å². The summed E-state index contributed by atoms with van der Waals surface area (Å²) in [5.74, 6) is -0.398. The van der Waals surface area contributed by atoms with Crippen molar-refractivity contribution in [3.8, 4) is 0 Å². The van der Waals surface area contributed by atoms with Crippen LogP contribution in [0.15, 0.2) is 12.1 Å². The van der Waals surface area contributed by atoms with E-state index in [-0.39, 0.29) is 0 Å². The predicted octanol–water partition coefficient (Wildman–Crippen LogP) is 1.22. The van der Waals surface area contributed by atoms with Crippen LogP contribution < -0.4 is 11.2 Å². The summed E-state index contributed by atoms with van der Waals surface area (Å²) < 4.78 is 0. The lowest BCUT2D eigenvalue weighted by atomic mass is 9.89. The molecule has 0 fully saturated rings. The van der Waals surface area contributed by atoms with Gasteiger partial charge in [-0.1, -0.05) is 31.4 Å². The lowest BCUT2D eigenvalue weighted by molar-refractivity contribution is 0.0999. The van der Waals surface area contributed by atoms with E-state index in [1.165, 1.54) is 0 Å². The maximum absolute atomic E-state index is 10.9. The molecule has 0 saturated heterocycles. The molecule has 2 nitrogen and oxygen atoms in total. The van der Waals surface area contributed by atoms with Crippen molar-refractivity contribution in [2.24, 2.45) is 5.73 Å². The van der Waals surface area contributed by atoms with Crippen LogP contribution in [-0.2, 0) is 0 Å². The van der Waals surface area contributed by atoms with Gasteiger partial charge in [-0.05, 0) is 25.0 Å². The fourth-order valence-corrected chi connectivity index (χ4v) is 1.39. The van der Waals surface area contributed by atoms with Gasteiger partial charge in [0.15, 0.2) is 0 Å². The number of primary amides is 1. The Balaban J connectivity index is 0.000000791. The van der Waals surface area contributed by atoms with E-state index in [9.17, 15) is 4.79 Å². The average Bonchev–Trinajstić information content (AvgIpc) is 2.04. The smallest absolute Gasteiger partial charge is 0.249 e. The molecule has 2 N–H and O–H groups in total. The van der Waals surface area contributed by atoms with Crippen LogP contribution in [0.25, 0.3) is 0 Å². The van der Waals surface area contributed by atoms with Crippen molar-refractivity contribution in [1.82, 2.24) is 0 Å². The second kappa shape index (κ2) is 5.48. The van der Waals surface area contributed by atoms with Crippen molar-refractivity contribution in [2.75, 3.05) is 0 Å². The van der Waals surface area contributed by atoms with E-state index >= 15 is 0 Å². The molecule has 2 radical (unpaired) electrons. The topological polar surface area (TPSA) is 43.1 Å². The minimum absolute atomic E-state index is 0.398. The summed E-state index contributed by atoms with van der Waals surface area (Å²) in [5, 5.41) is 0. The Bertz CT molecular complexity index is 311. The molecule has 1 rings (SSSR count). The van der Waals surface area contributed by atoms with Gasteiger partial charge >= 0.3 is 0 Å². The van der Waals surface area contributed by atoms with E-state index in [0.29, 0.717) is 11.0 Å². The highest BCUT2D eigenvalue weighted by atomic mass is 16.1. The van der Waals surface area contributed by atoms with Gasteiger partial charge in [-0.25, -0.2) is 0 Å². The summed E-state index contributed by atoms with van der Waals surface area (Å²) >= 11 is 0. The third kappa shape index (κ3) is 2.91. The first kappa shape index (κ1) is 12.8. The Morgan fingerprint density at radius 3 is 1.86 bits per heavy atom. The Hall–Kier alpha value is -1.25. The van der Waals surface area contributed by atoms with Crippen LogP contribution in [0.1, 0.15) is 35.3 Å². The van der Waals surface area contributed by atoms with E-state index in [0.717, 1.165) is 11.1 Å². The Morgan fingerprint density at radius 1 is 1.21 bits per heavy atom. The lowest BCUT2D eigenvalue weighted by Crippen LogP contribution is -2.17. The second-order valence-corrected chi connectivity index (χ2v) is 2.89. The molecule has 3 heteroatoms. The minimum Gasteiger partial charge on any atom is -0.366 e. The molecule has 0 aromatic heterocycles. The average molecular weight is 189 g/mol. The largest absolute Gasteiger partial charge is 0.366 e. The number of aryl methyl sites for hydroxylation is 2. The second-order valence-electron chi connectivity index (χ2n) is 2.89. The van der Waals surface area contributed by atoms with E-state index < -0.39 is 5.91 Å². The Kier molecular flexibility index (Phi) is 4.99. The molecule has 0 aliphatic heterocycles. The maximum atomic E-state index is 10.9. The van der Waals surface area contributed by atoms with E-state index in [4.69, 9.17) is 13.6 Å². The van der Waals surface area contributed by atoms with Crippen molar-refractivity contribution in [3.63, 3.8) is 0 Å². The van der Waals surface area contributed by atoms with E-state index in [1.807, 2.05) is 27.7 Å². The molecule has 0 unspecified atom stereocenters. The molecule has 0 aliphatic rings. The molecule has 0 aliphatic carbocycles. The molecule has 0 heterocycles. The van der Waals surface area contributed by atoms with Crippen LogP contribution in [-0.4, -0.2) is 13.8 Å². The molecule has 0 atom stereocenters. The van der Waals surface area contributed by atoms with Crippen LogP contribution in [0, 0.1) is 13.8 Å². The zero-order valence-electron chi connectivity index (χ0n) is 9.22. The number of benzene rings is 1. The Labute approximate surface area is 86.9 Å². The summed E-state index contributed by atoms with van der Waals surface area (Å²) in [4.78, 5) is 10.9. The predicted molar refractivity (Wildman–Crippen MR) is 61.2 cm³/mol. The van der Waals surface area contributed by atoms with Gasteiger partial charge in [0, 0.05) is 5.56 Å². The maximum Gasteiger partial charge on any atom is 0.249 e. The monoisotopic (exact) mass is 189 g/mol. The highest BCUT2D eigenvalue weighted by Crippen LogP contribution is 2.10. The number of rotatable bonds is 1. The zero-order valence-corrected chi connectivity index (χ0v) is 9.22. The number of hydrogen-bond acceptors (Lipinski definition) is 1. The molecule has 0 bridgehead atoms. The van der Waals surface area contributed by atoms with Crippen molar-refractivity contribution in [3.05, 3.63) is 28.8 Å². The van der Waals surface area contributed by atoms with Crippen molar-refractivity contribution < 1.29 is 4.79 Å². The van der Waals surface area contributed by atoms with Gasteiger partial charge in [0.25, 0.3) is 0 Å². The summed E-state index contributed by atoms with van der Waals surface area (Å²) in [5.41, 5.74) is 8.09. The van der Waals surface area contributed by atoms with Crippen LogP contribution in [0.2, 0.25) is 0 Å². The fraction of sp³-hybridized carbons (Fsp3) is 0.364. The van der Waals surface area contributed by atoms with Crippen molar-refractivity contribution in [1.29, 1.82) is 0 Å². The number of amides is 1. The summed E-state index contributed by atoms with van der Waals surface area (Å²) in [7, 11) is 5.58. The quantitative estimate of drug-likeness (QED) is 0.663. The van der Waals surface area contributed by atoms with Gasteiger partial charge in [-0.2, -0.15) is 0 Å². The van der Waals surface area contributed by atoms with Gasteiger partial charge in [-0.15, -0.1) is 0 Å². The van der Waals surface area contributed by atoms with Crippen LogP contribution in [0.5, 0.6) is 0 Å². The first-order valence-electron chi connectivity index (χ1n) is 4.69.